The highest BCUT2D eigenvalue weighted by Gasteiger charge is 2.34. The Bertz CT molecular complexity index is 1100. The van der Waals surface area contributed by atoms with Crippen LogP contribution in [0.25, 0.3) is 0 Å². The molecular weight excluding hydrogens is 394 g/mol. The van der Waals surface area contributed by atoms with Gasteiger partial charge in [-0.3, -0.25) is 14.5 Å². The molecule has 31 heavy (non-hydrogen) atoms. The van der Waals surface area contributed by atoms with Crippen LogP contribution in [0.3, 0.4) is 0 Å². The number of hydrazone groups is 1. The number of ether oxygens (including phenoxy) is 1. The van der Waals surface area contributed by atoms with Gasteiger partial charge >= 0.3 is 0 Å². The van der Waals surface area contributed by atoms with Gasteiger partial charge in [0.05, 0.1) is 19.4 Å². The number of carbonyl (C=O) groups is 1. The molecule has 8 heteroatoms. The van der Waals surface area contributed by atoms with Crippen LogP contribution in [-0.2, 0) is 17.9 Å². The Kier molecular flexibility index (Phi) is 6.14. The summed E-state index contributed by atoms with van der Waals surface area (Å²) < 4.78 is 7.50. The van der Waals surface area contributed by atoms with E-state index in [1.807, 2.05) is 28.8 Å². The number of rotatable bonds is 6. The summed E-state index contributed by atoms with van der Waals surface area (Å²) in [7, 11) is 1.66. The molecule has 0 aliphatic carbocycles. The van der Waals surface area contributed by atoms with E-state index in [-0.39, 0.29) is 12.0 Å². The second-order valence-corrected chi connectivity index (χ2v) is 8.09. The first-order valence-electron chi connectivity index (χ1n) is 10.3. The van der Waals surface area contributed by atoms with Gasteiger partial charge in [-0.15, -0.1) is 0 Å². The first-order chi connectivity index (χ1) is 15.1. The number of fused-ring (bicyclic) bond motifs is 4. The van der Waals surface area contributed by atoms with Crippen molar-refractivity contribution in [2.45, 2.75) is 31.8 Å². The van der Waals surface area contributed by atoms with Crippen LogP contribution in [0.1, 0.15) is 35.6 Å². The molecule has 4 rings (SSSR count). The van der Waals surface area contributed by atoms with Crippen LogP contribution in [0.2, 0.25) is 0 Å². The lowest BCUT2D eigenvalue weighted by molar-refractivity contribution is -0.120. The van der Waals surface area contributed by atoms with E-state index in [4.69, 9.17) is 10.00 Å². The number of carbonyl (C=O) groups excluding carboxylic acids is 1. The minimum absolute atomic E-state index is 0.0937. The largest absolute Gasteiger partial charge is 0.496 e. The number of nitrogens with one attached hydrogen (secondary N) is 1. The molecule has 2 aromatic rings. The van der Waals surface area contributed by atoms with Crippen molar-refractivity contribution in [2.75, 3.05) is 20.2 Å². The Hall–Kier alpha value is -3.44. The maximum absolute atomic E-state index is 12.2. The van der Waals surface area contributed by atoms with Crippen LogP contribution in [-0.4, -0.2) is 41.8 Å². The van der Waals surface area contributed by atoms with Crippen molar-refractivity contribution in [3.63, 3.8) is 0 Å². The van der Waals surface area contributed by atoms with Crippen molar-refractivity contribution in [3.05, 3.63) is 63.6 Å². The maximum atomic E-state index is 12.2. The van der Waals surface area contributed by atoms with E-state index in [2.05, 4.69) is 21.5 Å². The fourth-order valence-corrected chi connectivity index (χ4v) is 4.66. The van der Waals surface area contributed by atoms with E-state index in [0.717, 1.165) is 55.2 Å². The van der Waals surface area contributed by atoms with Crippen molar-refractivity contribution in [2.24, 2.45) is 11.0 Å². The monoisotopic (exact) mass is 419 g/mol. The SMILES string of the molecule is COc1ccc(C=NNC(=O)CC#N)cc1CN1CC2CC(C1)c1cccc(=O)n1C2. The second kappa shape index (κ2) is 9.14. The summed E-state index contributed by atoms with van der Waals surface area (Å²) in [5, 5.41) is 12.5. The van der Waals surface area contributed by atoms with Gasteiger partial charge < -0.3 is 9.30 Å². The zero-order valence-electron chi connectivity index (χ0n) is 17.5. The average molecular weight is 419 g/mol. The third kappa shape index (κ3) is 4.67. The van der Waals surface area contributed by atoms with Crippen molar-refractivity contribution >= 4 is 12.1 Å². The number of methoxy groups -OCH3 is 1. The van der Waals surface area contributed by atoms with Crippen molar-refractivity contribution < 1.29 is 9.53 Å². The van der Waals surface area contributed by atoms with E-state index < -0.39 is 5.91 Å². The molecule has 1 aromatic carbocycles. The molecule has 0 radical (unpaired) electrons. The minimum atomic E-state index is -0.438. The predicted molar refractivity (Wildman–Crippen MR) is 116 cm³/mol. The molecule has 2 atom stereocenters. The fourth-order valence-electron chi connectivity index (χ4n) is 4.66. The number of hydrogen-bond acceptors (Lipinski definition) is 6. The standard InChI is InChI=1S/C23H25N5O3/c1-31-21-6-5-16(11-25-26-22(29)7-8-24)9-19(21)15-27-12-17-10-18(14-27)20-3-2-4-23(30)28(20)13-17/h2-6,9,11,17-18H,7,10,12-15H2,1H3,(H,26,29). The van der Waals surface area contributed by atoms with E-state index in [9.17, 15) is 9.59 Å². The Labute approximate surface area is 180 Å². The lowest BCUT2D eigenvalue weighted by Gasteiger charge is -2.42. The topological polar surface area (TPSA) is 99.7 Å². The third-order valence-electron chi connectivity index (χ3n) is 5.90. The number of benzene rings is 1. The van der Waals surface area contributed by atoms with Gasteiger partial charge in [-0.25, -0.2) is 5.43 Å². The van der Waals surface area contributed by atoms with Gasteiger partial charge in [0.15, 0.2) is 0 Å². The molecular formula is C23H25N5O3. The smallest absolute Gasteiger partial charge is 0.254 e. The van der Waals surface area contributed by atoms with Crippen LogP contribution >= 0.6 is 0 Å². The number of pyridine rings is 1. The number of hydrogen-bond donors (Lipinski definition) is 1. The van der Waals surface area contributed by atoms with Gasteiger partial charge in [0.1, 0.15) is 12.2 Å². The van der Waals surface area contributed by atoms with E-state index in [1.165, 1.54) is 0 Å². The highest BCUT2D eigenvalue weighted by atomic mass is 16.5. The average Bonchev–Trinajstić information content (AvgIpc) is 2.75. The van der Waals surface area contributed by atoms with Crippen LogP contribution in [0.5, 0.6) is 5.75 Å². The normalized spacial score (nSPS) is 20.1. The fraction of sp³-hybridized carbons (Fsp3) is 0.391. The van der Waals surface area contributed by atoms with Gasteiger partial charge in [-0.2, -0.15) is 10.4 Å². The highest BCUT2D eigenvalue weighted by Crippen LogP contribution is 2.36. The van der Waals surface area contributed by atoms with Gasteiger partial charge in [-0.05, 0) is 42.2 Å². The first kappa shape index (κ1) is 20.8. The highest BCUT2D eigenvalue weighted by molar-refractivity contribution is 5.83. The summed E-state index contributed by atoms with van der Waals surface area (Å²) in [6.07, 6.45) is 2.45. The zero-order valence-corrected chi connectivity index (χ0v) is 17.5. The molecule has 1 fully saturated rings. The van der Waals surface area contributed by atoms with Crippen molar-refractivity contribution in [1.29, 1.82) is 5.26 Å². The lowest BCUT2D eigenvalue weighted by Crippen LogP contribution is -2.46. The van der Waals surface area contributed by atoms with Crippen molar-refractivity contribution in [3.8, 4) is 11.8 Å². The Balaban J connectivity index is 1.49. The molecule has 1 aromatic heterocycles. The predicted octanol–water partition coefficient (Wildman–Crippen LogP) is 1.84. The van der Waals surface area contributed by atoms with Crippen LogP contribution in [0.4, 0.5) is 0 Å². The number of piperidine rings is 1. The van der Waals surface area contributed by atoms with Crippen LogP contribution in [0, 0.1) is 17.2 Å². The molecule has 1 saturated heterocycles. The molecule has 0 spiro atoms. The second-order valence-electron chi connectivity index (χ2n) is 8.09. The molecule has 2 bridgehead atoms. The first-order valence-corrected chi connectivity index (χ1v) is 10.3. The van der Waals surface area contributed by atoms with Gasteiger partial charge in [0, 0.05) is 49.4 Å². The molecule has 2 aliphatic heterocycles. The van der Waals surface area contributed by atoms with Crippen molar-refractivity contribution in [1.82, 2.24) is 14.9 Å². The lowest BCUT2D eigenvalue weighted by atomic mass is 9.83. The number of amides is 1. The molecule has 3 heterocycles. The number of likely N-dealkylation sites (tertiary alicyclic amines) is 1. The Morgan fingerprint density at radius 1 is 1.32 bits per heavy atom. The summed E-state index contributed by atoms with van der Waals surface area (Å²) in [5.74, 6) is 1.18. The molecule has 1 N–H and O–H groups in total. The summed E-state index contributed by atoms with van der Waals surface area (Å²) in [6, 6.07) is 13.1. The summed E-state index contributed by atoms with van der Waals surface area (Å²) in [4.78, 5) is 26.0. The Morgan fingerprint density at radius 3 is 3.00 bits per heavy atom. The van der Waals surface area contributed by atoms with Gasteiger partial charge in [0.25, 0.3) is 11.5 Å². The van der Waals surface area contributed by atoms with E-state index >= 15 is 0 Å². The van der Waals surface area contributed by atoms with E-state index in [1.54, 1.807) is 25.5 Å². The van der Waals surface area contributed by atoms with Gasteiger partial charge in [0.2, 0.25) is 0 Å². The number of aromatic nitrogens is 1. The summed E-state index contributed by atoms with van der Waals surface area (Å²) in [5.41, 5.74) is 5.45. The molecule has 2 unspecified atom stereocenters. The molecule has 8 nitrogen and oxygen atoms in total. The number of nitrogens with zero attached hydrogens (tertiary/aromatic N) is 4. The van der Waals surface area contributed by atoms with Crippen LogP contribution < -0.4 is 15.7 Å². The summed E-state index contributed by atoms with van der Waals surface area (Å²) in [6.45, 7) is 3.33. The third-order valence-corrected chi connectivity index (χ3v) is 5.90. The van der Waals surface area contributed by atoms with Crippen LogP contribution in [0.15, 0.2) is 46.3 Å². The molecule has 0 saturated carbocycles. The molecule has 1 amide bonds. The van der Waals surface area contributed by atoms with Gasteiger partial charge in [-0.1, -0.05) is 6.07 Å². The zero-order chi connectivity index (χ0) is 21.8. The molecule has 2 aliphatic rings. The quantitative estimate of drug-likeness (QED) is 0.569. The van der Waals surface area contributed by atoms with E-state index in [0.29, 0.717) is 11.8 Å². The number of nitriles is 1. The molecule has 160 valence electrons. The minimum Gasteiger partial charge on any atom is -0.496 e. The summed E-state index contributed by atoms with van der Waals surface area (Å²) >= 11 is 0. The Morgan fingerprint density at radius 2 is 2.19 bits per heavy atom. The maximum Gasteiger partial charge on any atom is 0.254 e.